The SMILES string of the molecule is CCCCN(C1CC1)S(=O)(=O)c1cncc(C#CCN)c1. The van der Waals surface area contributed by atoms with Crippen LogP contribution in [0.2, 0.25) is 0 Å². The van der Waals surface area contributed by atoms with E-state index < -0.39 is 10.0 Å². The number of nitrogens with zero attached hydrogens (tertiary/aromatic N) is 2. The van der Waals surface area contributed by atoms with Crippen molar-refractivity contribution >= 4 is 10.0 Å². The van der Waals surface area contributed by atoms with E-state index in [0.29, 0.717) is 12.1 Å². The second-order valence-electron chi connectivity index (χ2n) is 5.12. The van der Waals surface area contributed by atoms with E-state index in [0.717, 1.165) is 25.7 Å². The van der Waals surface area contributed by atoms with Crippen LogP contribution in [-0.2, 0) is 10.0 Å². The molecule has 6 heteroatoms. The Morgan fingerprint density at radius 2 is 2.19 bits per heavy atom. The highest BCUT2D eigenvalue weighted by Crippen LogP contribution is 2.32. The molecule has 5 nitrogen and oxygen atoms in total. The molecule has 0 radical (unpaired) electrons. The molecule has 1 aliphatic rings. The summed E-state index contributed by atoms with van der Waals surface area (Å²) in [6, 6.07) is 1.73. The number of unbranched alkanes of at least 4 members (excludes halogenated alkanes) is 1. The number of rotatable bonds is 6. The minimum atomic E-state index is -3.49. The molecule has 0 aliphatic heterocycles. The number of nitrogens with two attached hydrogens (primary N) is 1. The van der Waals surface area contributed by atoms with E-state index in [1.54, 1.807) is 16.6 Å². The summed E-state index contributed by atoms with van der Waals surface area (Å²) in [5.74, 6) is 5.53. The summed E-state index contributed by atoms with van der Waals surface area (Å²) in [6.45, 7) is 2.87. The first kappa shape index (κ1) is 16.0. The first-order valence-corrected chi connectivity index (χ1v) is 8.69. The van der Waals surface area contributed by atoms with Gasteiger partial charge in [-0.05, 0) is 25.3 Å². The summed E-state index contributed by atoms with van der Waals surface area (Å²) in [6.07, 6.45) is 6.68. The van der Waals surface area contributed by atoms with Crippen LogP contribution in [0.1, 0.15) is 38.2 Å². The molecule has 1 heterocycles. The van der Waals surface area contributed by atoms with Crippen LogP contribution in [0.15, 0.2) is 23.4 Å². The van der Waals surface area contributed by atoms with Crippen molar-refractivity contribution in [3.63, 3.8) is 0 Å². The quantitative estimate of drug-likeness (QED) is 0.805. The Hall–Kier alpha value is -1.42. The van der Waals surface area contributed by atoms with Crippen molar-refractivity contribution in [2.75, 3.05) is 13.1 Å². The molecule has 2 N–H and O–H groups in total. The van der Waals surface area contributed by atoms with E-state index in [-0.39, 0.29) is 17.5 Å². The van der Waals surface area contributed by atoms with Crippen LogP contribution < -0.4 is 5.73 Å². The molecule has 0 saturated heterocycles. The minimum Gasteiger partial charge on any atom is -0.320 e. The second-order valence-corrected chi connectivity index (χ2v) is 7.01. The van der Waals surface area contributed by atoms with Gasteiger partial charge in [0, 0.05) is 30.5 Å². The lowest BCUT2D eigenvalue weighted by Crippen LogP contribution is -2.34. The molecular weight excluding hydrogens is 286 g/mol. The molecule has 0 atom stereocenters. The lowest BCUT2D eigenvalue weighted by atomic mass is 10.3. The fourth-order valence-electron chi connectivity index (χ4n) is 2.09. The largest absolute Gasteiger partial charge is 0.320 e. The molecule has 0 bridgehead atoms. The van der Waals surface area contributed by atoms with Crippen LogP contribution in [0.4, 0.5) is 0 Å². The molecule has 1 fully saturated rings. The van der Waals surface area contributed by atoms with Crippen molar-refractivity contribution in [1.82, 2.24) is 9.29 Å². The van der Waals surface area contributed by atoms with E-state index in [1.807, 2.05) is 0 Å². The zero-order valence-electron chi connectivity index (χ0n) is 12.2. The Kier molecular flexibility index (Phi) is 5.34. The Bertz CT molecular complexity index is 642. The maximum Gasteiger partial charge on any atom is 0.244 e. The molecule has 1 saturated carbocycles. The van der Waals surface area contributed by atoms with Gasteiger partial charge in [-0.1, -0.05) is 25.2 Å². The standard InChI is InChI=1S/C15H21N3O2S/c1-2-3-9-18(14-6-7-14)21(19,20)15-10-13(5-4-8-16)11-17-12-15/h10-12,14H,2-3,6-9,16H2,1H3. The Morgan fingerprint density at radius 3 is 2.81 bits per heavy atom. The maximum atomic E-state index is 12.8. The van der Waals surface area contributed by atoms with Crippen molar-refractivity contribution in [2.45, 2.75) is 43.5 Å². The Morgan fingerprint density at radius 1 is 1.43 bits per heavy atom. The van der Waals surface area contributed by atoms with Crippen molar-refractivity contribution in [1.29, 1.82) is 0 Å². The molecule has 0 unspecified atom stereocenters. The van der Waals surface area contributed by atoms with Gasteiger partial charge in [-0.15, -0.1) is 0 Å². The predicted molar refractivity (Wildman–Crippen MR) is 82.0 cm³/mol. The third-order valence-electron chi connectivity index (χ3n) is 3.34. The zero-order chi connectivity index (χ0) is 15.3. The molecule has 0 amide bonds. The summed E-state index contributed by atoms with van der Waals surface area (Å²) in [7, 11) is -3.49. The molecule has 0 spiro atoms. The molecule has 21 heavy (non-hydrogen) atoms. The average molecular weight is 307 g/mol. The first-order chi connectivity index (χ1) is 10.1. The Labute approximate surface area is 126 Å². The lowest BCUT2D eigenvalue weighted by Gasteiger charge is -2.21. The fraction of sp³-hybridized carbons (Fsp3) is 0.533. The number of sulfonamides is 1. The van der Waals surface area contributed by atoms with Gasteiger partial charge in [-0.3, -0.25) is 4.98 Å². The Balaban J connectivity index is 2.28. The van der Waals surface area contributed by atoms with Crippen molar-refractivity contribution < 1.29 is 8.42 Å². The predicted octanol–water partition coefficient (Wildman–Crippen LogP) is 1.35. The molecule has 0 aromatic carbocycles. The fourth-order valence-corrected chi connectivity index (χ4v) is 3.81. The highest BCUT2D eigenvalue weighted by atomic mass is 32.2. The summed E-state index contributed by atoms with van der Waals surface area (Å²) >= 11 is 0. The van der Waals surface area contributed by atoms with Crippen LogP contribution in [-0.4, -0.2) is 36.8 Å². The number of aromatic nitrogens is 1. The summed E-state index contributed by atoms with van der Waals surface area (Å²) < 4.78 is 27.1. The van der Waals surface area contributed by atoms with Gasteiger partial charge in [0.2, 0.25) is 10.0 Å². The van der Waals surface area contributed by atoms with Gasteiger partial charge in [0.15, 0.2) is 0 Å². The van der Waals surface area contributed by atoms with E-state index in [9.17, 15) is 8.42 Å². The van der Waals surface area contributed by atoms with Gasteiger partial charge >= 0.3 is 0 Å². The molecule has 2 rings (SSSR count). The first-order valence-electron chi connectivity index (χ1n) is 7.25. The summed E-state index contributed by atoms with van der Waals surface area (Å²) in [5.41, 5.74) is 5.91. The number of pyridine rings is 1. The van der Waals surface area contributed by atoms with E-state index in [2.05, 4.69) is 23.7 Å². The van der Waals surface area contributed by atoms with Crippen LogP contribution in [0.25, 0.3) is 0 Å². The monoisotopic (exact) mass is 307 g/mol. The topological polar surface area (TPSA) is 76.3 Å². The summed E-state index contributed by atoms with van der Waals surface area (Å²) in [5, 5.41) is 0. The van der Waals surface area contributed by atoms with Gasteiger partial charge in [-0.2, -0.15) is 4.31 Å². The second kappa shape index (κ2) is 7.03. The number of hydrogen-bond acceptors (Lipinski definition) is 4. The van der Waals surface area contributed by atoms with Crippen LogP contribution >= 0.6 is 0 Å². The van der Waals surface area contributed by atoms with Crippen LogP contribution in [0, 0.1) is 11.8 Å². The van der Waals surface area contributed by atoms with Crippen LogP contribution in [0.5, 0.6) is 0 Å². The third-order valence-corrected chi connectivity index (χ3v) is 5.26. The summed E-state index contributed by atoms with van der Waals surface area (Å²) in [4.78, 5) is 4.21. The maximum absolute atomic E-state index is 12.8. The molecule has 1 aromatic rings. The minimum absolute atomic E-state index is 0.153. The highest BCUT2D eigenvalue weighted by Gasteiger charge is 2.37. The van der Waals surface area contributed by atoms with E-state index in [1.165, 1.54) is 6.20 Å². The molecule has 1 aliphatic carbocycles. The van der Waals surface area contributed by atoms with E-state index in [4.69, 9.17) is 5.73 Å². The number of hydrogen-bond donors (Lipinski definition) is 1. The van der Waals surface area contributed by atoms with Gasteiger partial charge in [0.1, 0.15) is 4.90 Å². The molecule has 114 valence electrons. The normalized spacial score (nSPS) is 14.8. The molecule has 1 aromatic heterocycles. The highest BCUT2D eigenvalue weighted by molar-refractivity contribution is 7.89. The van der Waals surface area contributed by atoms with Gasteiger partial charge in [0.05, 0.1) is 6.54 Å². The van der Waals surface area contributed by atoms with Crippen molar-refractivity contribution in [2.24, 2.45) is 5.73 Å². The van der Waals surface area contributed by atoms with Gasteiger partial charge < -0.3 is 5.73 Å². The van der Waals surface area contributed by atoms with Crippen LogP contribution in [0.3, 0.4) is 0 Å². The molecular formula is C15H21N3O2S. The average Bonchev–Trinajstić information content (AvgIpc) is 3.30. The zero-order valence-corrected chi connectivity index (χ0v) is 13.1. The smallest absolute Gasteiger partial charge is 0.244 e. The van der Waals surface area contributed by atoms with Gasteiger partial charge in [0.25, 0.3) is 0 Å². The van der Waals surface area contributed by atoms with Crippen molar-refractivity contribution in [3.05, 3.63) is 24.0 Å². The van der Waals surface area contributed by atoms with Crippen molar-refractivity contribution in [3.8, 4) is 11.8 Å². The van der Waals surface area contributed by atoms with E-state index >= 15 is 0 Å². The third kappa shape index (κ3) is 4.03. The van der Waals surface area contributed by atoms with Gasteiger partial charge in [-0.25, -0.2) is 8.42 Å². The lowest BCUT2D eigenvalue weighted by molar-refractivity contribution is 0.395.